The van der Waals surface area contributed by atoms with E-state index in [1.165, 1.54) is 12.8 Å². The summed E-state index contributed by atoms with van der Waals surface area (Å²) in [7, 11) is 1.77. The molecule has 1 aliphatic heterocycles. The van der Waals surface area contributed by atoms with Crippen LogP contribution in [0.1, 0.15) is 24.3 Å². The maximum absolute atomic E-state index is 5.50. The summed E-state index contributed by atoms with van der Waals surface area (Å²) in [5.74, 6) is 1.63. The average Bonchev–Trinajstić information content (AvgIpc) is 2.80. The maximum Gasteiger partial charge on any atom is 0.151 e. The van der Waals surface area contributed by atoms with Gasteiger partial charge in [-0.3, -0.25) is 4.90 Å². The molecule has 0 unspecified atom stereocenters. The topological polar surface area (TPSA) is 64.5 Å². The van der Waals surface area contributed by atoms with Crippen LogP contribution in [-0.4, -0.2) is 36.9 Å². The monoisotopic (exact) mass is 239 g/mol. The standard InChI is InChI=1S/C12H21N3O2/c1-16-9-10-2-4-15(5-3-10)8-12-6-11(7-13)14-17-12/h6,10H,2-5,7-9,13H2,1H3. The molecule has 0 bridgehead atoms. The van der Waals surface area contributed by atoms with Crippen molar-refractivity contribution in [2.75, 3.05) is 26.8 Å². The Morgan fingerprint density at radius 2 is 2.29 bits per heavy atom. The maximum atomic E-state index is 5.50. The van der Waals surface area contributed by atoms with Crippen LogP contribution in [-0.2, 0) is 17.8 Å². The lowest BCUT2D eigenvalue weighted by Gasteiger charge is -2.30. The van der Waals surface area contributed by atoms with Gasteiger partial charge in [-0.2, -0.15) is 0 Å². The van der Waals surface area contributed by atoms with Crippen molar-refractivity contribution in [3.63, 3.8) is 0 Å². The molecule has 2 N–H and O–H groups in total. The number of likely N-dealkylation sites (tertiary alicyclic amines) is 1. The highest BCUT2D eigenvalue weighted by molar-refractivity contribution is 5.04. The van der Waals surface area contributed by atoms with E-state index in [0.29, 0.717) is 12.5 Å². The number of hydrogen-bond donors (Lipinski definition) is 1. The second-order valence-electron chi connectivity index (χ2n) is 4.66. The number of rotatable bonds is 5. The molecule has 0 radical (unpaired) electrons. The molecule has 5 nitrogen and oxygen atoms in total. The first kappa shape index (κ1) is 12.5. The largest absolute Gasteiger partial charge is 0.384 e. The quantitative estimate of drug-likeness (QED) is 0.830. The van der Waals surface area contributed by atoms with E-state index in [0.717, 1.165) is 37.7 Å². The lowest BCUT2D eigenvalue weighted by Crippen LogP contribution is -2.34. The summed E-state index contributed by atoms with van der Waals surface area (Å²) in [4.78, 5) is 2.40. The fraction of sp³-hybridized carbons (Fsp3) is 0.750. The van der Waals surface area contributed by atoms with Crippen molar-refractivity contribution in [3.05, 3.63) is 17.5 Å². The van der Waals surface area contributed by atoms with Gasteiger partial charge in [0, 0.05) is 26.3 Å². The fourth-order valence-electron chi connectivity index (χ4n) is 2.29. The third-order valence-electron chi connectivity index (χ3n) is 3.31. The predicted octanol–water partition coefficient (Wildman–Crippen LogP) is 0.992. The fourth-order valence-corrected chi connectivity index (χ4v) is 2.29. The molecular weight excluding hydrogens is 218 g/mol. The number of piperidine rings is 1. The Hall–Kier alpha value is -0.910. The molecule has 0 spiro atoms. The van der Waals surface area contributed by atoms with E-state index >= 15 is 0 Å². The van der Waals surface area contributed by atoms with Crippen LogP contribution in [0.4, 0.5) is 0 Å². The Balaban J connectivity index is 1.77. The Morgan fingerprint density at radius 3 is 2.88 bits per heavy atom. The van der Waals surface area contributed by atoms with Crippen LogP contribution in [0.25, 0.3) is 0 Å². The lowest BCUT2D eigenvalue weighted by atomic mass is 9.98. The van der Waals surface area contributed by atoms with Gasteiger partial charge in [-0.1, -0.05) is 5.16 Å². The van der Waals surface area contributed by atoms with Gasteiger partial charge in [0.1, 0.15) is 0 Å². The molecule has 2 heterocycles. The van der Waals surface area contributed by atoms with Crippen LogP contribution in [0, 0.1) is 5.92 Å². The van der Waals surface area contributed by atoms with Crippen LogP contribution in [0.2, 0.25) is 0 Å². The van der Waals surface area contributed by atoms with Crippen LogP contribution >= 0.6 is 0 Å². The van der Waals surface area contributed by atoms with Gasteiger partial charge in [0.05, 0.1) is 12.2 Å². The smallest absolute Gasteiger partial charge is 0.151 e. The van der Waals surface area contributed by atoms with Crippen molar-refractivity contribution in [2.24, 2.45) is 11.7 Å². The van der Waals surface area contributed by atoms with Gasteiger partial charge in [-0.15, -0.1) is 0 Å². The number of hydrogen-bond acceptors (Lipinski definition) is 5. The molecule has 0 saturated carbocycles. The molecule has 1 aliphatic rings. The number of methoxy groups -OCH3 is 1. The summed E-state index contributed by atoms with van der Waals surface area (Å²) in [5.41, 5.74) is 6.33. The number of aromatic nitrogens is 1. The highest BCUT2D eigenvalue weighted by Crippen LogP contribution is 2.19. The minimum absolute atomic E-state index is 0.444. The summed E-state index contributed by atoms with van der Waals surface area (Å²) in [6.07, 6.45) is 2.40. The van der Waals surface area contributed by atoms with E-state index in [-0.39, 0.29) is 0 Å². The highest BCUT2D eigenvalue weighted by Gasteiger charge is 2.20. The first-order valence-corrected chi connectivity index (χ1v) is 6.17. The third kappa shape index (κ3) is 3.52. The Kier molecular flexibility index (Phi) is 4.53. The summed E-state index contributed by atoms with van der Waals surface area (Å²) in [6, 6.07) is 1.95. The molecule has 0 atom stereocenters. The molecule has 96 valence electrons. The zero-order valence-corrected chi connectivity index (χ0v) is 10.4. The van der Waals surface area contributed by atoms with Crippen molar-refractivity contribution >= 4 is 0 Å². The van der Waals surface area contributed by atoms with Crippen LogP contribution < -0.4 is 5.73 Å². The molecule has 2 rings (SSSR count). The first-order chi connectivity index (χ1) is 8.31. The van der Waals surface area contributed by atoms with Crippen molar-refractivity contribution in [2.45, 2.75) is 25.9 Å². The second kappa shape index (κ2) is 6.14. The van der Waals surface area contributed by atoms with Gasteiger partial charge in [0.15, 0.2) is 5.76 Å². The lowest BCUT2D eigenvalue weighted by molar-refractivity contribution is 0.0928. The molecule has 0 aromatic carbocycles. The minimum atomic E-state index is 0.444. The molecule has 17 heavy (non-hydrogen) atoms. The zero-order valence-electron chi connectivity index (χ0n) is 10.4. The van der Waals surface area contributed by atoms with Crippen LogP contribution in [0.3, 0.4) is 0 Å². The van der Waals surface area contributed by atoms with E-state index in [1.807, 2.05) is 6.07 Å². The molecule has 1 fully saturated rings. The molecule has 1 aromatic heterocycles. The van der Waals surface area contributed by atoms with Gasteiger partial charge in [-0.05, 0) is 31.8 Å². The molecule has 0 amide bonds. The molecule has 1 saturated heterocycles. The van der Waals surface area contributed by atoms with Crippen molar-refractivity contribution < 1.29 is 9.26 Å². The summed E-state index contributed by atoms with van der Waals surface area (Å²) < 4.78 is 10.4. The van der Waals surface area contributed by atoms with Crippen LogP contribution in [0.5, 0.6) is 0 Å². The summed E-state index contributed by atoms with van der Waals surface area (Å²) in [6.45, 7) is 4.37. The summed E-state index contributed by atoms with van der Waals surface area (Å²) in [5, 5.41) is 3.90. The van der Waals surface area contributed by atoms with Gasteiger partial charge in [0.2, 0.25) is 0 Å². The van der Waals surface area contributed by atoms with Crippen molar-refractivity contribution in [1.82, 2.24) is 10.1 Å². The van der Waals surface area contributed by atoms with E-state index in [9.17, 15) is 0 Å². The Morgan fingerprint density at radius 1 is 1.53 bits per heavy atom. The van der Waals surface area contributed by atoms with E-state index in [4.69, 9.17) is 15.0 Å². The third-order valence-corrected chi connectivity index (χ3v) is 3.31. The number of nitrogens with zero attached hydrogens (tertiary/aromatic N) is 2. The predicted molar refractivity (Wildman–Crippen MR) is 64.3 cm³/mol. The molecule has 5 heteroatoms. The van der Waals surface area contributed by atoms with E-state index in [1.54, 1.807) is 7.11 Å². The normalized spacial score (nSPS) is 18.7. The molecule has 0 aliphatic carbocycles. The average molecular weight is 239 g/mol. The number of nitrogens with two attached hydrogens (primary N) is 1. The van der Waals surface area contributed by atoms with Crippen molar-refractivity contribution in [3.8, 4) is 0 Å². The summed E-state index contributed by atoms with van der Waals surface area (Å²) >= 11 is 0. The Labute approximate surface area is 102 Å². The number of ether oxygens (including phenoxy) is 1. The Bertz CT molecular complexity index is 332. The first-order valence-electron chi connectivity index (χ1n) is 6.17. The van der Waals surface area contributed by atoms with Crippen molar-refractivity contribution in [1.29, 1.82) is 0 Å². The molecular formula is C12H21N3O2. The second-order valence-corrected chi connectivity index (χ2v) is 4.66. The van der Waals surface area contributed by atoms with Gasteiger partial charge < -0.3 is 15.0 Å². The van der Waals surface area contributed by atoms with Gasteiger partial charge >= 0.3 is 0 Å². The molecule has 1 aromatic rings. The van der Waals surface area contributed by atoms with E-state index < -0.39 is 0 Å². The highest BCUT2D eigenvalue weighted by atomic mass is 16.5. The van der Waals surface area contributed by atoms with E-state index in [2.05, 4.69) is 10.1 Å². The van der Waals surface area contributed by atoms with Gasteiger partial charge in [0.25, 0.3) is 0 Å². The van der Waals surface area contributed by atoms with Gasteiger partial charge in [-0.25, -0.2) is 0 Å². The zero-order chi connectivity index (χ0) is 12.1. The van der Waals surface area contributed by atoms with Crippen LogP contribution in [0.15, 0.2) is 10.6 Å². The minimum Gasteiger partial charge on any atom is -0.384 e. The SMILES string of the molecule is COCC1CCN(Cc2cc(CN)no2)CC1.